The van der Waals surface area contributed by atoms with E-state index in [-0.39, 0.29) is 18.9 Å². The third-order valence-electron chi connectivity index (χ3n) is 19.9. The molecule has 19 nitrogen and oxygen atoms in total. The lowest BCUT2D eigenvalue weighted by molar-refractivity contribution is -0.379. The van der Waals surface area contributed by atoms with Crippen LogP contribution in [0.1, 0.15) is 322 Å². The van der Waals surface area contributed by atoms with Crippen LogP contribution in [0.5, 0.6) is 0 Å². The molecule has 3 aliphatic heterocycles. The van der Waals surface area contributed by atoms with Crippen molar-refractivity contribution in [3.05, 3.63) is 36.5 Å². The predicted molar refractivity (Wildman–Crippen MR) is 383 cm³/mol. The summed E-state index contributed by atoms with van der Waals surface area (Å²) in [4.78, 5) is 13.5. The third kappa shape index (κ3) is 40.0. The highest BCUT2D eigenvalue weighted by atomic mass is 16.8. The molecule has 3 heterocycles. The highest BCUT2D eigenvalue weighted by molar-refractivity contribution is 5.76. The summed E-state index contributed by atoms with van der Waals surface area (Å²) in [6, 6.07) is -0.996. The van der Waals surface area contributed by atoms with E-state index < -0.39 is 124 Å². The zero-order chi connectivity index (χ0) is 70.4. The van der Waals surface area contributed by atoms with Crippen molar-refractivity contribution in [2.45, 2.75) is 426 Å². The summed E-state index contributed by atoms with van der Waals surface area (Å²) in [6.07, 6.45) is 45.7. The summed E-state index contributed by atoms with van der Waals surface area (Å²) in [6.45, 7) is 1.76. The summed E-state index contributed by atoms with van der Waals surface area (Å²) < 4.78 is 34.4. The van der Waals surface area contributed by atoms with Gasteiger partial charge in [-0.3, -0.25) is 4.79 Å². The van der Waals surface area contributed by atoms with Gasteiger partial charge >= 0.3 is 0 Å². The average Bonchev–Trinajstić information content (AvgIpc) is 0.826. The highest BCUT2D eigenvalue weighted by Gasteiger charge is 2.53. The molecule has 3 aliphatic rings. The second-order valence-corrected chi connectivity index (χ2v) is 28.5. The summed E-state index contributed by atoms with van der Waals surface area (Å²) >= 11 is 0. The quantitative estimate of drug-likeness (QED) is 0.0199. The van der Waals surface area contributed by atoms with Crippen molar-refractivity contribution in [1.29, 1.82) is 0 Å². The fourth-order valence-electron chi connectivity index (χ4n) is 13.5. The van der Waals surface area contributed by atoms with Gasteiger partial charge in [0.1, 0.15) is 73.2 Å². The summed E-state index contributed by atoms with van der Waals surface area (Å²) in [5.41, 5.74) is 0. The maximum atomic E-state index is 13.5. The van der Waals surface area contributed by atoms with Crippen molar-refractivity contribution in [3.8, 4) is 0 Å². The van der Waals surface area contributed by atoms with Crippen LogP contribution in [0, 0.1) is 0 Å². The number of hydrogen-bond donors (Lipinski definition) is 12. The van der Waals surface area contributed by atoms with Crippen LogP contribution in [0.2, 0.25) is 0 Å². The second-order valence-electron chi connectivity index (χ2n) is 28.5. The van der Waals surface area contributed by atoms with Crippen LogP contribution in [-0.2, 0) is 33.2 Å². The molecule has 17 unspecified atom stereocenters. The first kappa shape index (κ1) is 89.2. The van der Waals surface area contributed by atoms with Gasteiger partial charge in [0.2, 0.25) is 5.91 Å². The Morgan fingerprint density at radius 1 is 0.361 bits per heavy atom. The first-order valence-electron chi connectivity index (χ1n) is 39.7. The van der Waals surface area contributed by atoms with Gasteiger partial charge in [-0.15, -0.1) is 0 Å². The molecule has 0 aromatic rings. The number of ether oxygens (including phenoxy) is 6. The van der Waals surface area contributed by atoms with E-state index in [1.165, 1.54) is 244 Å². The minimum atomic E-state index is -1.98. The zero-order valence-electron chi connectivity index (χ0n) is 60.8. The lowest BCUT2D eigenvalue weighted by atomic mass is 9.96. The van der Waals surface area contributed by atoms with E-state index in [0.29, 0.717) is 12.8 Å². The minimum Gasteiger partial charge on any atom is -0.394 e. The Labute approximate surface area is 587 Å². The lowest BCUT2D eigenvalue weighted by Gasteiger charge is -2.48. The van der Waals surface area contributed by atoms with E-state index in [9.17, 15) is 61.0 Å². The van der Waals surface area contributed by atoms with Crippen LogP contribution >= 0.6 is 0 Å². The highest BCUT2D eigenvalue weighted by Crippen LogP contribution is 2.33. The average molecular weight is 1390 g/mol. The Kier molecular flexibility index (Phi) is 54.6. The molecule has 12 N–H and O–H groups in total. The van der Waals surface area contributed by atoms with Gasteiger partial charge in [-0.25, -0.2) is 0 Å². The SMILES string of the molecule is CCCCCCCCCCCCCCC/C=C/CC/C=C/CC/C=C/C(O)C(COC1OC(CO)C(OC2OC(CO)C(OC3OC(CO)C(O)C(O)C3O)C(O)C2O)C(O)C1O)NC(=O)CCCCCCCCCCCCCCCCCCCCCCCCCCCCCCC. The number of amides is 1. The molecule has 0 aromatic heterocycles. The van der Waals surface area contributed by atoms with Gasteiger partial charge in [-0.2, -0.15) is 0 Å². The molecule has 0 aromatic carbocycles. The fraction of sp³-hybridized carbons (Fsp3) is 0.910. The molecule has 3 saturated heterocycles. The number of aliphatic hydroxyl groups is 11. The molecule has 19 heteroatoms. The number of unbranched alkanes of at least 4 members (excludes halogenated alkanes) is 43. The summed E-state index contributed by atoms with van der Waals surface area (Å²) in [5.74, 6) is -0.283. The maximum Gasteiger partial charge on any atom is 0.220 e. The molecular formula is C78H145NO18. The zero-order valence-corrected chi connectivity index (χ0v) is 60.8. The topological polar surface area (TPSA) is 307 Å². The molecule has 97 heavy (non-hydrogen) atoms. The normalized spacial score (nSPS) is 27.0. The van der Waals surface area contributed by atoms with Gasteiger partial charge in [0.15, 0.2) is 18.9 Å². The van der Waals surface area contributed by atoms with E-state index in [1.807, 2.05) is 6.08 Å². The van der Waals surface area contributed by atoms with E-state index in [4.69, 9.17) is 28.4 Å². The number of hydrogen-bond acceptors (Lipinski definition) is 18. The molecule has 0 spiro atoms. The number of aliphatic hydroxyl groups excluding tert-OH is 11. The largest absolute Gasteiger partial charge is 0.394 e. The number of nitrogens with one attached hydrogen (secondary N) is 1. The van der Waals surface area contributed by atoms with E-state index in [0.717, 1.165) is 44.9 Å². The monoisotopic (exact) mass is 1380 g/mol. The van der Waals surface area contributed by atoms with Gasteiger partial charge in [0.05, 0.1) is 38.6 Å². The van der Waals surface area contributed by atoms with Gasteiger partial charge in [0.25, 0.3) is 0 Å². The molecule has 3 fully saturated rings. The molecule has 0 saturated carbocycles. The molecule has 0 aliphatic carbocycles. The summed E-state index contributed by atoms with van der Waals surface area (Å²) in [7, 11) is 0. The first-order chi connectivity index (χ1) is 47.3. The van der Waals surface area contributed by atoms with Crippen molar-refractivity contribution < 1.29 is 89.4 Å². The number of allylic oxidation sites excluding steroid dienone is 5. The van der Waals surface area contributed by atoms with Gasteiger partial charge < -0.3 is 89.9 Å². The maximum absolute atomic E-state index is 13.5. The second kappa shape index (κ2) is 59.4. The van der Waals surface area contributed by atoms with Crippen LogP contribution < -0.4 is 5.32 Å². The number of carbonyl (C=O) groups is 1. The Hall–Kier alpha value is -1.99. The van der Waals surface area contributed by atoms with Crippen LogP contribution in [0.4, 0.5) is 0 Å². The van der Waals surface area contributed by atoms with Crippen molar-refractivity contribution in [2.24, 2.45) is 0 Å². The third-order valence-corrected chi connectivity index (χ3v) is 19.9. The molecular weight excluding hydrogens is 1240 g/mol. The standard InChI is InChI=1S/C78H145NO18/c1-3-5-7-9-11-13-15-17-19-21-23-25-27-28-29-30-31-32-34-36-38-40-42-44-46-48-50-52-54-56-66(84)79-61(62(83)55-53-51-49-47-45-43-41-39-37-35-33-26-24-22-20-18-16-14-12-10-8-6-4-2)60-92-76-72(90)69(87)74(64(58-81)94-76)97-78-73(91)70(88)75(65(59-82)95-78)96-77-71(89)68(86)67(85)63(57-80)93-77/h37,39,45,47,53,55,61-65,67-78,80-83,85-91H,3-36,38,40-44,46,48-52,54,56-60H2,1-2H3,(H,79,84)/b39-37+,47-45+,55-53+. The Morgan fingerprint density at radius 2 is 0.660 bits per heavy atom. The van der Waals surface area contributed by atoms with Crippen LogP contribution in [0.3, 0.4) is 0 Å². The van der Waals surface area contributed by atoms with Crippen LogP contribution in [-0.4, -0.2) is 193 Å². The molecule has 17 atom stereocenters. The van der Waals surface area contributed by atoms with Gasteiger partial charge in [-0.1, -0.05) is 307 Å². The van der Waals surface area contributed by atoms with E-state index >= 15 is 0 Å². The van der Waals surface area contributed by atoms with Crippen molar-refractivity contribution >= 4 is 5.91 Å². The van der Waals surface area contributed by atoms with Crippen molar-refractivity contribution in [1.82, 2.24) is 5.32 Å². The smallest absolute Gasteiger partial charge is 0.220 e. The van der Waals surface area contributed by atoms with Crippen molar-refractivity contribution in [2.75, 3.05) is 26.4 Å². The van der Waals surface area contributed by atoms with E-state index in [1.54, 1.807) is 6.08 Å². The first-order valence-corrected chi connectivity index (χ1v) is 39.7. The Balaban J connectivity index is 1.39. The van der Waals surface area contributed by atoms with Crippen molar-refractivity contribution in [3.63, 3.8) is 0 Å². The van der Waals surface area contributed by atoms with Gasteiger partial charge in [0, 0.05) is 6.42 Å². The Bertz CT molecular complexity index is 1900. The van der Waals surface area contributed by atoms with Crippen LogP contribution in [0.15, 0.2) is 36.5 Å². The number of carbonyl (C=O) groups excluding carboxylic acids is 1. The molecule has 0 bridgehead atoms. The molecule has 3 rings (SSSR count). The van der Waals surface area contributed by atoms with Crippen LogP contribution in [0.25, 0.3) is 0 Å². The lowest BCUT2D eigenvalue weighted by Crippen LogP contribution is -2.66. The Morgan fingerprint density at radius 3 is 1.03 bits per heavy atom. The molecule has 570 valence electrons. The number of rotatable bonds is 63. The van der Waals surface area contributed by atoms with Gasteiger partial charge in [-0.05, 0) is 44.9 Å². The summed E-state index contributed by atoms with van der Waals surface area (Å²) in [5, 5.41) is 121. The fourth-order valence-corrected chi connectivity index (χ4v) is 13.5. The molecule has 0 radical (unpaired) electrons. The predicted octanol–water partition coefficient (Wildman–Crippen LogP) is 12.7. The van der Waals surface area contributed by atoms with E-state index in [2.05, 4.69) is 43.5 Å². The molecule has 1 amide bonds. The minimum absolute atomic E-state index is 0.236.